The van der Waals surface area contributed by atoms with Gasteiger partial charge in [0.1, 0.15) is 0 Å². The minimum absolute atomic E-state index is 0.0109. The molecule has 1 aliphatic carbocycles. The Morgan fingerprint density at radius 3 is 2.04 bits per heavy atom. The molecule has 0 heterocycles. The molecule has 1 fully saturated rings. The van der Waals surface area contributed by atoms with E-state index in [0.29, 0.717) is 24.2 Å². The van der Waals surface area contributed by atoms with Gasteiger partial charge in [-0.15, -0.1) is 0 Å². The summed E-state index contributed by atoms with van der Waals surface area (Å²) in [6.07, 6.45) is -3.04. The molecular formula is C15H18F3N3O2. The second-order valence-corrected chi connectivity index (χ2v) is 5.59. The number of carbonyl (C=O) groups excluding carboxylic acids is 2. The molecule has 0 saturated heterocycles. The summed E-state index contributed by atoms with van der Waals surface area (Å²) in [5.74, 6) is -3.28. The van der Waals surface area contributed by atoms with Crippen LogP contribution in [0.15, 0.2) is 24.3 Å². The minimum Gasteiger partial charge on any atom is -0.351 e. The van der Waals surface area contributed by atoms with Gasteiger partial charge < -0.3 is 16.4 Å². The highest BCUT2D eigenvalue weighted by molar-refractivity contribution is 5.93. The number of amides is 3. The largest absolute Gasteiger partial charge is 0.392 e. The number of urea groups is 1. The van der Waals surface area contributed by atoms with Gasteiger partial charge in [0.05, 0.1) is 5.92 Å². The fourth-order valence-corrected chi connectivity index (χ4v) is 2.85. The molecule has 2 rings (SSSR count). The van der Waals surface area contributed by atoms with Crippen LogP contribution in [0.3, 0.4) is 0 Å². The molecule has 2 atom stereocenters. The molecule has 0 radical (unpaired) electrons. The zero-order valence-corrected chi connectivity index (χ0v) is 12.3. The first-order valence-electron chi connectivity index (χ1n) is 7.31. The molecular weight excluding hydrogens is 311 g/mol. The number of benzene rings is 1. The molecule has 0 spiro atoms. The van der Waals surface area contributed by atoms with Crippen molar-refractivity contribution in [1.82, 2.24) is 0 Å². The van der Waals surface area contributed by atoms with Gasteiger partial charge in [-0.2, -0.15) is 13.2 Å². The summed E-state index contributed by atoms with van der Waals surface area (Å²) in [5, 5.41) is 4.86. The number of alkyl halides is 3. The molecule has 0 bridgehead atoms. The number of hydrogen-bond donors (Lipinski definition) is 3. The first kappa shape index (κ1) is 17.1. The van der Waals surface area contributed by atoms with E-state index in [-0.39, 0.29) is 12.8 Å². The second-order valence-electron chi connectivity index (χ2n) is 5.59. The van der Waals surface area contributed by atoms with E-state index in [2.05, 4.69) is 10.6 Å². The number of rotatable bonds is 3. The van der Waals surface area contributed by atoms with Crippen molar-refractivity contribution in [3.8, 4) is 0 Å². The predicted octanol–water partition coefficient (Wildman–Crippen LogP) is 3.48. The third-order valence-corrected chi connectivity index (χ3v) is 3.94. The lowest BCUT2D eigenvalue weighted by molar-refractivity contribution is -0.197. The lowest BCUT2D eigenvalue weighted by atomic mass is 9.78. The molecule has 0 aromatic heterocycles. The number of anilines is 2. The van der Waals surface area contributed by atoms with Crippen molar-refractivity contribution in [2.75, 3.05) is 10.6 Å². The Labute approximate surface area is 131 Å². The van der Waals surface area contributed by atoms with Crippen molar-refractivity contribution in [2.45, 2.75) is 31.9 Å². The third kappa shape index (κ3) is 4.61. The van der Waals surface area contributed by atoms with Gasteiger partial charge in [0, 0.05) is 17.3 Å². The highest BCUT2D eigenvalue weighted by atomic mass is 19.4. The van der Waals surface area contributed by atoms with Crippen LogP contribution in [0.5, 0.6) is 0 Å². The highest BCUT2D eigenvalue weighted by Crippen LogP contribution is 2.41. The summed E-state index contributed by atoms with van der Waals surface area (Å²) in [6, 6.07) is 5.27. The van der Waals surface area contributed by atoms with Gasteiger partial charge in [-0.3, -0.25) is 4.79 Å². The maximum absolute atomic E-state index is 13.0. The van der Waals surface area contributed by atoms with E-state index in [4.69, 9.17) is 5.73 Å². The molecule has 1 aromatic carbocycles. The summed E-state index contributed by atoms with van der Waals surface area (Å²) >= 11 is 0. The summed E-state index contributed by atoms with van der Waals surface area (Å²) < 4.78 is 39.1. The number of primary amides is 1. The van der Waals surface area contributed by atoms with Crippen molar-refractivity contribution in [1.29, 1.82) is 0 Å². The van der Waals surface area contributed by atoms with Gasteiger partial charge in [0.25, 0.3) is 0 Å². The second kappa shape index (κ2) is 6.89. The standard InChI is InChI=1S/C15H18F3N3O2/c16-15(17,18)12-4-2-1-3-11(12)13(22)20-9-5-7-10(8-6-9)21-14(19)23/h5-8,11-12H,1-4H2,(H,20,22)(H3,19,21,23)/t11-,12-/m1/s1. The Bertz CT molecular complexity index is 572. The summed E-state index contributed by atoms with van der Waals surface area (Å²) in [5.41, 5.74) is 5.77. The third-order valence-electron chi connectivity index (χ3n) is 3.94. The number of carbonyl (C=O) groups is 2. The van der Waals surface area contributed by atoms with Crippen molar-refractivity contribution in [2.24, 2.45) is 17.6 Å². The van der Waals surface area contributed by atoms with Crippen LogP contribution in [-0.2, 0) is 4.79 Å². The fraction of sp³-hybridized carbons (Fsp3) is 0.467. The van der Waals surface area contributed by atoms with Crippen LogP contribution < -0.4 is 16.4 Å². The quantitative estimate of drug-likeness (QED) is 0.793. The van der Waals surface area contributed by atoms with Crippen LogP contribution in [0, 0.1) is 11.8 Å². The number of nitrogens with one attached hydrogen (secondary N) is 2. The molecule has 5 nitrogen and oxygen atoms in total. The van der Waals surface area contributed by atoms with Crippen molar-refractivity contribution < 1.29 is 22.8 Å². The molecule has 4 N–H and O–H groups in total. The molecule has 3 amide bonds. The normalized spacial score (nSPS) is 21.5. The van der Waals surface area contributed by atoms with Crippen LogP contribution in [0.1, 0.15) is 25.7 Å². The van der Waals surface area contributed by atoms with Crippen LogP contribution in [0.4, 0.5) is 29.3 Å². The van der Waals surface area contributed by atoms with E-state index in [9.17, 15) is 22.8 Å². The average Bonchev–Trinajstić information content (AvgIpc) is 2.48. The number of hydrogen-bond acceptors (Lipinski definition) is 2. The molecule has 8 heteroatoms. The maximum Gasteiger partial charge on any atom is 0.392 e. The van der Waals surface area contributed by atoms with E-state index in [1.807, 2.05) is 0 Å². The molecule has 126 valence electrons. The summed E-state index contributed by atoms with van der Waals surface area (Å²) in [6.45, 7) is 0. The van der Waals surface area contributed by atoms with Crippen LogP contribution >= 0.6 is 0 Å². The molecule has 1 saturated carbocycles. The van der Waals surface area contributed by atoms with E-state index >= 15 is 0 Å². The predicted molar refractivity (Wildman–Crippen MR) is 79.8 cm³/mol. The van der Waals surface area contributed by atoms with Crippen molar-refractivity contribution in [3.05, 3.63) is 24.3 Å². The van der Waals surface area contributed by atoms with Crippen molar-refractivity contribution in [3.63, 3.8) is 0 Å². The van der Waals surface area contributed by atoms with Gasteiger partial charge in [-0.05, 0) is 37.1 Å². The molecule has 1 aliphatic rings. The average molecular weight is 329 g/mol. The van der Waals surface area contributed by atoms with Gasteiger partial charge >= 0.3 is 12.2 Å². The minimum atomic E-state index is -4.36. The van der Waals surface area contributed by atoms with Gasteiger partial charge in [-0.1, -0.05) is 12.8 Å². The Morgan fingerprint density at radius 1 is 1.00 bits per heavy atom. The zero-order valence-electron chi connectivity index (χ0n) is 12.3. The Morgan fingerprint density at radius 2 is 1.52 bits per heavy atom. The zero-order chi connectivity index (χ0) is 17.0. The van der Waals surface area contributed by atoms with E-state index < -0.39 is 30.0 Å². The maximum atomic E-state index is 13.0. The topological polar surface area (TPSA) is 84.2 Å². The SMILES string of the molecule is NC(=O)Nc1ccc(NC(=O)[C@@H]2CCCC[C@H]2C(F)(F)F)cc1. The van der Waals surface area contributed by atoms with E-state index in [1.54, 1.807) is 0 Å². The summed E-state index contributed by atoms with van der Waals surface area (Å²) in [4.78, 5) is 22.9. The fourth-order valence-electron chi connectivity index (χ4n) is 2.85. The van der Waals surface area contributed by atoms with Gasteiger partial charge in [-0.25, -0.2) is 4.79 Å². The Hall–Kier alpha value is -2.25. The molecule has 0 unspecified atom stereocenters. The van der Waals surface area contributed by atoms with Crippen LogP contribution in [0.2, 0.25) is 0 Å². The van der Waals surface area contributed by atoms with Gasteiger partial charge in [0.15, 0.2) is 0 Å². The first-order valence-corrected chi connectivity index (χ1v) is 7.31. The smallest absolute Gasteiger partial charge is 0.351 e. The monoisotopic (exact) mass is 329 g/mol. The number of nitrogens with two attached hydrogens (primary N) is 1. The lowest BCUT2D eigenvalue weighted by Crippen LogP contribution is -2.39. The van der Waals surface area contributed by atoms with E-state index in [0.717, 1.165) is 0 Å². The van der Waals surface area contributed by atoms with Crippen molar-refractivity contribution >= 4 is 23.3 Å². The Balaban J connectivity index is 2.03. The molecule has 0 aliphatic heterocycles. The molecule has 1 aromatic rings. The van der Waals surface area contributed by atoms with Gasteiger partial charge in [0.2, 0.25) is 5.91 Å². The first-order chi connectivity index (χ1) is 10.8. The van der Waals surface area contributed by atoms with Crippen LogP contribution in [0.25, 0.3) is 0 Å². The van der Waals surface area contributed by atoms with Crippen LogP contribution in [-0.4, -0.2) is 18.1 Å². The van der Waals surface area contributed by atoms with E-state index in [1.165, 1.54) is 24.3 Å². The molecule has 23 heavy (non-hydrogen) atoms. The lowest BCUT2D eigenvalue weighted by Gasteiger charge is -2.32. The highest BCUT2D eigenvalue weighted by Gasteiger charge is 2.47. The number of halogens is 3. The summed E-state index contributed by atoms with van der Waals surface area (Å²) in [7, 11) is 0. The Kier molecular flexibility index (Phi) is 5.12.